The van der Waals surface area contributed by atoms with Gasteiger partial charge in [-0.15, -0.1) is 6.58 Å². The van der Waals surface area contributed by atoms with Gasteiger partial charge in [-0.3, -0.25) is 24.0 Å². The van der Waals surface area contributed by atoms with Gasteiger partial charge in [-0.05, 0) is 59.1 Å². The number of likely N-dealkylation sites (tertiary alicyclic amines) is 1. The molecule has 0 unspecified atom stereocenters. The molecule has 6 rings (SSSR count). The Morgan fingerprint density at radius 2 is 1.76 bits per heavy atom. The highest BCUT2D eigenvalue weighted by atomic mass is 32.2. The number of aromatic nitrogens is 1. The van der Waals surface area contributed by atoms with Crippen LogP contribution in [0, 0.1) is 5.92 Å². The third kappa shape index (κ3) is 8.89. The zero-order valence-electron chi connectivity index (χ0n) is 33.5. The number of fused-ring (bicyclic) bond motifs is 1. The van der Waals surface area contributed by atoms with Crippen molar-refractivity contribution in [1.29, 1.82) is 0 Å². The molecule has 4 amide bonds. The highest BCUT2D eigenvalue weighted by molar-refractivity contribution is 7.91. The minimum absolute atomic E-state index is 0.0531. The predicted molar refractivity (Wildman–Crippen MR) is 217 cm³/mol. The lowest BCUT2D eigenvalue weighted by molar-refractivity contribution is -0.156. The van der Waals surface area contributed by atoms with Gasteiger partial charge in [0, 0.05) is 47.0 Å². The molecule has 2 heterocycles. The molecule has 1 saturated heterocycles. The fourth-order valence-corrected chi connectivity index (χ4v) is 8.91. The largest absolute Gasteiger partial charge is 0.497 e. The Hall–Kier alpha value is -5.97. The number of nitrogens with zero attached hydrogens (tertiary/aromatic N) is 3. The second-order valence-electron chi connectivity index (χ2n) is 16.0. The van der Waals surface area contributed by atoms with Gasteiger partial charge < -0.3 is 29.5 Å². The van der Waals surface area contributed by atoms with Crippen LogP contribution in [0.15, 0.2) is 79.9 Å². The fourth-order valence-electron chi connectivity index (χ4n) is 7.54. The first kappa shape index (κ1) is 42.6. The normalized spacial score (nSPS) is 22.3. The maximum Gasteiger partial charge on any atom is 0.408 e. The Balaban J connectivity index is 1.40. The van der Waals surface area contributed by atoms with Crippen molar-refractivity contribution in [2.24, 2.45) is 5.92 Å². The summed E-state index contributed by atoms with van der Waals surface area (Å²) in [7, 11) is -2.45. The molecule has 2 aliphatic carbocycles. The van der Waals surface area contributed by atoms with Gasteiger partial charge in [0.2, 0.25) is 21.8 Å². The average Bonchev–Trinajstić information content (AvgIpc) is 4.12. The number of benzene rings is 2. The molecular formula is C42H49N5O11S. The van der Waals surface area contributed by atoms with Gasteiger partial charge in [-0.2, -0.15) is 0 Å². The summed E-state index contributed by atoms with van der Waals surface area (Å²) in [5.74, 6) is -3.21. The molecule has 2 aromatic carbocycles. The van der Waals surface area contributed by atoms with Crippen molar-refractivity contribution in [3.8, 4) is 22.8 Å². The van der Waals surface area contributed by atoms with Crippen molar-refractivity contribution in [2.75, 3.05) is 13.7 Å². The third-order valence-electron chi connectivity index (χ3n) is 10.8. The Morgan fingerprint density at radius 3 is 2.34 bits per heavy atom. The number of carbonyl (C=O) groups is 5. The molecule has 3 N–H and O–H groups in total. The topological polar surface area (TPSA) is 211 Å². The third-order valence-corrected chi connectivity index (χ3v) is 12.6. The van der Waals surface area contributed by atoms with Crippen LogP contribution in [-0.2, 0) is 33.9 Å². The Kier molecular flexibility index (Phi) is 11.8. The summed E-state index contributed by atoms with van der Waals surface area (Å²) in [5, 5.41) is 13.1. The van der Waals surface area contributed by atoms with E-state index in [4.69, 9.17) is 19.2 Å². The smallest absolute Gasteiger partial charge is 0.408 e. The molecule has 2 saturated carbocycles. The molecule has 1 aromatic heterocycles. The van der Waals surface area contributed by atoms with Crippen LogP contribution in [0.25, 0.3) is 22.2 Å². The van der Waals surface area contributed by atoms with Gasteiger partial charge in [-0.1, -0.05) is 43.0 Å². The van der Waals surface area contributed by atoms with Crippen molar-refractivity contribution >= 4 is 50.7 Å². The number of esters is 1. The number of ether oxygens (including phenoxy) is 3. The van der Waals surface area contributed by atoms with Crippen molar-refractivity contribution in [3.05, 3.63) is 79.9 Å². The predicted octanol–water partition coefficient (Wildman–Crippen LogP) is 4.19. The van der Waals surface area contributed by atoms with E-state index in [1.54, 1.807) is 45.0 Å². The van der Waals surface area contributed by atoms with E-state index in [2.05, 4.69) is 23.2 Å². The zero-order chi connectivity index (χ0) is 43.0. The van der Waals surface area contributed by atoms with Crippen molar-refractivity contribution in [2.45, 2.75) is 94.0 Å². The van der Waals surface area contributed by atoms with Crippen LogP contribution in [0.5, 0.6) is 11.5 Å². The Bertz CT molecular complexity index is 2290. The summed E-state index contributed by atoms with van der Waals surface area (Å²) in [4.78, 5) is 75.3. The summed E-state index contributed by atoms with van der Waals surface area (Å²) in [6, 6.07) is 13.3. The molecule has 1 aliphatic heterocycles. The van der Waals surface area contributed by atoms with Crippen molar-refractivity contribution in [1.82, 2.24) is 24.8 Å². The van der Waals surface area contributed by atoms with Gasteiger partial charge in [-0.25, -0.2) is 23.0 Å². The fraction of sp³-hybridized carbons (Fsp3) is 0.429. The Morgan fingerprint density at radius 1 is 1.07 bits per heavy atom. The lowest BCUT2D eigenvalue weighted by Crippen LogP contribution is -2.63. The number of hydrogen-bond acceptors (Lipinski definition) is 11. The molecule has 59 heavy (non-hydrogen) atoms. The minimum atomic E-state index is -3.99. The average molecular weight is 832 g/mol. The second-order valence-corrected chi connectivity index (χ2v) is 18.0. The monoisotopic (exact) mass is 831 g/mol. The first-order valence-corrected chi connectivity index (χ1v) is 20.8. The van der Waals surface area contributed by atoms with Gasteiger partial charge >= 0.3 is 12.1 Å². The number of hydrogen-bond donors (Lipinski definition) is 3. The summed E-state index contributed by atoms with van der Waals surface area (Å²) in [6.07, 6.45) is -0.680. The van der Waals surface area contributed by atoms with E-state index in [1.165, 1.54) is 20.1 Å². The van der Waals surface area contributed by atoms with Crippen LogP contribution < -0.4 is 19.5 Å². The van der Waals surface area contributed by atoms with Crippen LogP contribution in [0.4, 0.5) is 4.79 Å². The van der Waals surface area contributed by atoms with Gasteiger partial charge in [0.25, 0.3) is 5.91 Å². The maximum absolute atomic E-state index is 15.0. The van der Waals surface area contributed by atoms with Crippen LogP contribution in [-0.4, -0.2) is 112 Å². The highest BCUT2D eigenvalue weighted by Crippen LogP contribution is 2.46. The van der Waals surface area contributed by atoms with E-state index < -0.39 is 86.3 Å². The molecule has 17 heteroatoms. The molecule has 3 aliphatic rings. The summed E-state index contributed by atoms with van der Waals surface area (Å²) < 4.78 is 45.3. The van der Waals surface area contributed by atoms with Crippen LogP contribution >= 0.6 is 0 Å². The molecule has 314 valence electrons. The quantitative estimate of drug-likeness (QED) is 0.112. The van der Waals surface area contributed by atoms with Crippen LogP contribution in [0.2, 0.25) is 0 Å². The van der Waals surface area contributed by atoms with Crippen LogP contribution in [0.3, 0.4) is 0 Å². The number of rotatable bonds is 15. The molecule has 16 nitrogen and oxygen atoms in total. The number of carboxylic acid groups (broad SMARTS) is 1. The molecule has 0 spiro atoms. The van der Waals surface area contributed by atoms with E-state index in [0.717, 1.165) is 21.4 Å². The number of amides is 4. The zero-order valence-corrected chi connectivity index (χ0v) is 34.4. The molecule has 3 fully saturated rings. The lowest BCUT2D eigenvalue weighted by Gasteiger charge is -2.42. The maximum atomic E-state index is 15.0. The summed E-state index contributed by atoms with van der Waals surface area (Å²) in [5.41, 5.74) is -0.985. The first-order valence-electron chi connectivity index (χ1n) is 19.2. The number of sulfonamides is 1. The Labute approximate surface area is 342 Å². The molecule has 3 aromatic rings. The number of pyridine rings is 1. The number of methoxy groups -OCH3 is 1. The minimum Gasteiger partial charge on any atom is -0.497 e. The molecular weight excluding hydrogens is 783 g/mol. The second kappa shape index (κ2) is 16.4. The van der Waals surface area contributed by atoms with E-state index >= 15 is 0 Å². The molecule has 0 radical (unpaired) electrons. The van der Waals surface area contributed by atoms with Crippen molar-refractivity contribution < 1.29 is 51.7 Å². The highest BCUT2D eigenvalue weighted by Gasteiger charge is 2.62. The number of nitrogens with one attached hydrogen (secondary N) is 2. The lowest BCUT2D eigenvalue weighted by atomic mass is 9.99. The summed E-state index contributed by atoms with van der Waals surface area (Å²) >= 11 is 0. The van der Waals surface area contributed by atoms with E-state index in [-0.39, 0.29) is 19.4 Å². The molecule has 6 atom stereocenters. The van der Waals surface area contributed by atoms with Crippen molar-refractivity contribution in [3.63, 3.8) is 0 Å². The van der Waals surface area contributed by atoms with E-state index in [9.17, 15) is 37.5 Å². The SMILES string of the molecule is C=CC(=O)O[C@H](C)[C@@H](C(=O)N1C[C@H](Oc2cc(-c3ccccc3)nc3cc(OC)ccc23)C[C@H]1C(=O)N[C@]1(C(=O)NS(=O)(=O)C2CC2)C[C@H]1C=C)N(C(=O)O)C(C)(C)C. The van der Waals surface area contributed by atoms with Gasteiger partial charge in [0.15, 0.2) is 6.04 Å². The first-order chi connectivity index (χ1) is 27.8. The summed E-state index contributed by atoms with van der Waals surface area (Å²) in [6.45, 7) is 13.0. The van der Waals surface area contributed by atoms with E-state index in [0.29, 0.717) is 40.9 Å². The van der Waals surface area contributed by atoms with Gasteiger partial charge in [0.05, 0.1) is 30.1 Å². The van der Waals surface area contributed by atoms with E-state index in [1.807, 2.05) is 30.3 Å². The molecule has 0 bridgehead atoms. The standard InChI is InChI=1S/C42H49N5O11S/c1-8-26-22-42(26,39(51)45-59(54,55)29-16-17-29)44-37(49)33-20-28(23-46(33)38(50)36(24(3)57-35(48)9-2)47(40(52)53)41(4,5)6)58-34-21-31(25-13-11-10-12-14-25)43-32-19-27(56-7)15-18-30(32)34/h8-15,18-19,21,24,26,28-29,33,36H,1-2,16-17,20,22-23H2,3-7H3,(H,44,49)(H,45,51)(H,52,53)/t24-,26-,28-,33+,36+,42-/m1/s1. The van der Waals surface area contributed by atoms with Crippen LogP contribution in [0.1, 0.15) is 53.4 Å². The van der Waals surface area contributed by atoms with Gasteiger partial charge in [0.1, 0.15) is 35.3 Å². The number of carbonyl (C=O) groups excluding carboxylic acids is 4.